The van der Waals surface area contributed by atoms with Crippen molar-refractivity contribution >= 4 is 15.9 Å². The van der Waals surface area contributed by atoms with Crippen molar-refractivity contribution in [3.8, 4) is 5.75 Å². The molecular formula is C14H20N2O5S. The summed E-state index contributed by atoms with van der Waals surface area (Å²) < 4.78 is 35.9. The number of hydrogen-bond acceptors (Lipinski definition) is 5. The summed E-state index contributed by atoms with van der Waals surface area (Å²) in [7, 11) is -1.89. The summed E-state index contributed by atoms with van der Waals surface area (Å²) in [6.45, 7) is 1.60. The standard InChI is InChI=1S/C14H20N2O5S/c1-20-13-5-3-2-4-12(13)14(17)15-6-11-22(18,19)16-7-9-21-10-8-16/h2-5H,6-11H2,1H3,(H,15,17). The van der Waals surface area contributed by atoms with Crippen molar-refractivity contribution in [1.82, 2.24) is 9.62 Å². The zero-order valence-corrected chi connectivity index (χ0v) is 13.3. The van der Waals surface area contributed by atoms with Crippen molar-refractivity contribution in [1.29, 1.82) is 0 Å². The highest BCUT2D eigenvalue weighted by Gasteiger charge is 2.24. The van der Waals surface area contributed by atoms with Crippen molar-refractivity contribution in [3.05, 3.63) is 29.8 Å². The van der Waals surface area contributed by atoms with Gasteiger partial charge in [-0.25, -0.2) is 8.42 Å². The molecule has 0 aromatic heterocycles. The minimum atomic E-state index is -3.37. The Morgan fingerprint density at radius 3 is 2.68 bits per heavy atom. The van der Waals surface area contributed by atoms with Gasteiger partial charge in [-0.15, -0.1) is 0 Å². The molecule has 1 N–H and O–H groups in total. The van der Waals surface area contributed by atoms with Crippen LogP contribution >= 0.6 is 0 Å². The van der Waals surface area contributed by atoms with Crippen LogP contribution in [0.1, 0.15) is 10.4 Å². The highest BCUT2D eigenvalue weighted by Crippen LogP contribution is 2.16. The van der Waals surface area contributed by atoms with Crippen LogP contribution in [0.15, 0.2) is 24.3 Å². The molecule has 22 heavy (non-hydrogen) atoms. The van der Waals surface area contributed by atoms with E-state index in [2.05, 4.69) is 5.32 Å². The SMILES string of the molecule is COc1ccccc1C(=O)NCCS(=O)(=O)N1CCOCC1. The maximum absolute atomic E-state index is 12.1. The van der Waals surface area contributed by atoms with Gasteiger partial charge < -0.3 is 14.8 Å². The number of carbonyl (C=O) groups excluding carboxylic acids is 1. The maximum Gasteiger partial charge on any atom is 0.255 e. The highest BCUT2D eigenvalue weighted by atomic mass is 32.2. The molecule has 0 atom stereocenters. The van der Waals surface area contributed by atoms with Crippen LogP contribution in [0.4, 0.5) is 0 Å². The lowest BCUT2D eigenvalue weighted by atomic mass is 10.2. The number of hydrogen-bond donors (Lipinski definition) is 1. The van der Waals surface area contributed by atoms with E-state index in [9.17, 15) is 13.2 Å². The molecule has 2 rings (SSSR count). The van der Waals surface area contributed by atoms with Gasteiger partial charge in [-0.2, -0.15) is 4.31 Å². The zero-order chi connectivity index (χ0) is 16.0. The van der Waals surface area contributed by atoms with Crippen molar-refractivity contribution in [2.45, 2.75) is 0 Å². The van der Waals surface area contributed by atoms with Crippen molar-refractivity contribution in [3.63, 3.8) is 0 Å². The number of nitrogens with zero attached hydrogens (tertiary/aromatic N) is 1. The van der Waals surface area contributed by atoms with Gasteiger partial charge in [0.25, 0.3) is 5.91 Å². The second-order valence-corrected chi connectivity index (χ2v) is 6.87. The predicted molar refractivity (Wildman–Crippen MR) is 81.5 cm³/mol. The van der Waals surface area contributed by atoms with Gasteiger partial charge in [-0.05, 0) is 12.1 Å². The molecule has 1 aromatic carbocycles. The smallest absolute Gasteiger partial charge is 0.255 e. The molecule has 0 radical (unpaired) electrons. The Morgan fingerprint density at radius 1 is 1.32 bits per heavy atom. The Labute approximate surface area is 130 Å². The van der Waals surface area contributed by atoms with E-state index in [1.165, 1.54) is 11.4 Å². The zero-order valence-electron chi connectivity index (χ0n) is 12.4. The van der Waals surface area contributed by atoms with Gasteiger partial charge >= 0.3 is 0 Å². The lowest BCUT2D eigenvalue weighted by Crippen LogP contribution is -2.43. The van der Waals surface area contributed by atoms with Gasteiger partial charge in [0.1, 0.15) is 5.75 Å². The van der Waals surface area contributed by atoms with Gasteiger partial charge in [0.15, 0.2) is 0 Å². The molecule has 0 saturated carbocycles. The molecule has 7 nitrogen and oxygen atoms in total. The number of benzene rings is 1. The third-order valence-electron chi connectivity index (χ3n) is 3.36. The molecular weight excluding hydrogens is 308 g/mol. The van der Waals surface area contributed by atoms with E-state index in [1.54, 1.807) is 24.3 Å². The monoisotopic (exact) mass is 328 g/mol. The lowest BCUT2D eigenvalue weighted by molar-refractivity contribution is 0.0730. The number of amides is 1. The average molecular weight is 328 g/mol. The summed E-state index contributed by atoms with van der Waals surface area (Å²) in [6, 6.07) is 6.80. The van der Waals surface area contributed by atoms with Crippen LogP contribution in [0.2, 0.25) is 0 Å². The Bertz CT molecular complexity index is 611. The summed E-state index contributed by atoms with van der Waals surface area (Å²) in [4.78, 5) is 12.1. The number of methoxy groups -OCH3 is 1. The first kappa shape index (κ1) is 16.7. The molecule has 122 valence electrons. The van der Waals surface area contributed by atoms with E-state index >= 15 is 0 Å². The van der Waals surface area contributed by atoms with E-state index in [1.807, 2.05) is 0 Å². The fraction of sp³-hybridized carbons (Fsp3) is 0.500. The Balaban J connectivity index is 1.88. The third-order valence-corrected chi connectivity index (χ3v) is 5.23. The first-order valence-electron chi connectivity index (χ1n) is 7.01. The highest BCUT2D eigenvalue weighted by molar-refractivity contribution is 7.89. The summed E-state index contributed by atoms with van der Waals surface area (Å²) in [5.74, 6) is -0.0286. The van der Waals surface area contributed by atoms with Crippen LogP contribution in [0.5, 0.6) is 5.75 Å². The van der Waals surface area contributed by atoms with E-state index in [0.717, 1.165) is 0 Å². The third kappa shape index (κ3) is 4.19. The van der Waals surface area contributed by atoms with Gasteiger partial charge in [0.2, 0.25) is 10.0 Å². The van der Waals surface area contributed by atoms with Gasteiger partial charge in [-0.3, -0.25) is 4.79 Å². The normalized spacial score (nSPS) is 16.2. The fourth-order valence-corrected chi connectivity index (χ4v) is 3.50. The second-order valence-electron chi connectivity index (χ2n) is 4.78. The Kier molecular flexibility index (Phi) is 5.76. The van der Waals surface area contributed by atoms with Crippen molar-refractivity contribution in [2.24, 2.45) is 0 Å². The number of para-hydroxylation sites is 1. The molecule has 0 aliphatic carbocycles. The molecule has 1 amide bonds. The molecule has 0 bridgehead atoms. The summed E-state index contributed by atoms with van der Waals surface area (Å²) in [5, 5.41) is 2.61. The van der Waals surface area contributed by atoms with Gasteiger partial charge in [-0.1, -0.05) is 12.1 Å². The van der Waals surface area contributed by atoms with Crippen LogP contribution in [0.3, 0.4) is 0 Å². The Morgan fingerprint density at radius 2 is 2.00 bits per heavy atom. The van der Waals surface area contributed by atoms with Gasteiger partial charge in [0.05, 0.1) is 31.6 Å². The number of sulfonamides is 1. The number of carbonyl (C=O) groups is 1. The van der Waals surface area contributed by atoms with E-state index in [0.29, 0.717) is 37.6 Å². The average Bonchev–Trinajstić information content (AvgIpc) is 2.55. The first-order chi connectivity index (χ1) is 10.5. The molecule has 1 saturated heterocycles. The molecule has 1 aromatic rings. The lowest BCUT2D eigenvalue weighted by Gasteiger charge is -2.26. The molecule has 0 unspecified atom stereocenters. The van der Waals surface area contributed by atoms with Crippen LogP contribution in [0.25, 0.3) is 0 Å². The summed E-state index contributed by atoms with van der Waals surface area (Å²) in [6.07, 6.45) is 0. The van der Waals surface area contributed by atoms with Crippen LogP contribution in [0, 0.1) is 0 Å². The van der Waals surface area contributed by atoms with Crippen molar-refractivity contribution < 1.29 is 22.7 Å². The number of nitrogens with one attached hydrogen (secondary N) is 1. The van der Waals surface area contributed by atoms with E-state index in [-0.39, 0.29) is 18.2 Å². The van der Waals surface area contributed by atoms with Crippen LogP contribution in [-0.2, 0) is 14.8 Å². The maximum atomic E-state index is 12.1. The molecule has 1 aliphatic rings. The largest absolute Gasteiger partial charge is 0.496 e. The van der Waals surface area contributed by atoms with Gasteiger partial charge in [0, 0.05) is 19.6 Å². The number of morpholine rings is 1. The van der Waals surface area contributed by atoms with E-state index < -0.39 is 10.0 Å². The van der Waals surface area contributed by atoms with Crippen LogP contribution < -0.4 is 10.1 Å². The molecule has 8 heteroatoms. The quantitative estimate of drug-likeness (QED) is 0.800. The fourth-order valence-electron chi connectivity index (χ4n) is 2.17. The minimum Gasteiger partial charge on any atom is -0.496 e. The summed E-state index contributed by atoms with van der Waals surface area (Å²) in [5.41, 5.74) is 0.383. The predicted octanol–water partition coefficient (Wildman–Crippen LogP) is 0.0870. The summed E-state index contributed by atoms with van der Waals surface area (Å²) >= 11 is 0. The second kappa shape index (κ2) is 7.57. The Hall–Kier alpha value is -1.64. The number of ether oxygens (including phenoxy) is 2. The van der Waals surface area contributed by atoms with Crippen LogP contribution in [-0.4, -0.2) is 64.3 Å². The molecule has 1 heterocycles. The van der Waals surface area contributed by atoms with Crippen molar-refractivity contribution in [2.75, 3.05) is 45.7 Å². The molecule has 0 spiro atoms. The first-order valence-corrected chi connectivity index (χ1v) is 8.62. The minimum absolute atomic E-state index is 0.0522. The topological polar surface area (TPSA) is 84.9 Å². The van der Waals surface area contributed by atoms with E-state index in [4.69, 9.17) is 9.47 Å². The number of rotatable bonds is 6. The molecule has 1 fully saturated rings. The molecule has 1 aliphatic heterocycles.